The third-order valence-corrected chi connectivity index (χ3v) is 3.40. The Morgan fingerprint density at radius 2 is 1.95 bits per heavy atom. The van der Waals surface area contributed by atoms with Crippen molar-refractivity contribution in [3.63, 3.8) is 0 Å². The molecule has 3 nitrogen and oxygen atoms in total. The molecule has 3 rings (SSSR count). The van der Waals surface area contributed by atoms with Crippen LogP contribution in [0.4, 0.5) is 20.2 Å². The number of carbonyl (C=O) groups is 1. The first-order valence-corrected chi connectivity index (χ1v) is 6.21. The summed E-state index contributed by atoms with van der Waals surface area (Å²) >= 11 is 0. The van der Waals surface area contributed by atoms with Crippen LogP contribution in [-0.2, 0) is 6.42 Å². The van der Waals surface area contributed by atoms with Gasteiger partial charge in [0.1, 0.15) is 11.6 Å². The fourth-order valence-corrected chi connectivity index (χ4v) is 2.44. The van der Waals surface area contributed by atoms with E-state index in [1.54, 1.807) is 18.2 Å². The molecule has 1 amide bonds. The van der Waals surface area contributed by atoms with Gasteiger partial charge in [0.25, 0.3) is 5.91 Å². The summed E-state index contributed by atoms with van der Waals surface area (Å²) in [6, 6.07) is 8.09. The molecule has 2 aromatic carbocycles. The summed E-state index contributed by atoms with van der Waals surface area (Å²) in [4.78, 5) is 13.8. The van der Waals surface area contributed by atoms with Gasteiger partial charge in [-0.25, -0.2) is 8.78 Å². The van der Waals surface area contributed by atoms with Gasteiger partial charge in [0.05, 0.1) is 5.56 Å². The molecule has 0 bridgehead atoms. The molecule has 102 valence electrons. The molecule has 0 atom stereocenters. The van der Waals surface area contributed by atoms with Crippen molar-refractivity contribution in [3.8, 4) is 0 Å². The van der Waals surface area contributed by atoms with Gasteiger partial charge in [-0.2, -0.15) is 0 Å². The average molecular weight is 274 g/mol. The fourth-order valence-electron chi connectivity index (χ4n) is 2.44. The number of hydrogen-bond acceptors (Lipinski definition) is 2. The molecule has 0 fully saturated rings. The van der Waals surface area contributed by atoms with Gasteiger partial charge in [0.2, 0.25) is 0 Å². The predicted octanol–water partition coefficient (Wildman–Crippen LogP) is 2.75. The van der Waals surface area contributed by atoms with Gasteiger partial charge in [-0.1, -0.05) is 0 Å². The quantitative estimate of drug-likeness (QED) is 0.813. The second kappa shape index (κ2) is 4.59. The van der Waals surface area contributed by atoms with Crippen molar-refractivity contribution < 1.29 is 13.6 Å². The molecule has 1 aliphatic rings. The number of nitrogen functional groups attached to an aromatic ring is 1. The zero-order valence-corrected chi connectivity index (χ0v) is 10.6. The van der Waals surface area contributed by atoms with Gasteiger partial charge in [-0.15, -0.1) is 0 Å². The Labute approximate surface area is 114 Å². The Hall–Kier alpha value is -2.43. The third kappa shape index (κ3) is 2.01. The molecular formula is C15H12F2N2O. The lowest BCUT2D eigenvalue weighted by Gasteiger charge is -2.17. The standard InChI is InChI=1S/C15H12F2N2O/c16-10-1-3-13(17)12(8-10)15(20)19-6-5-9-7-11(18)2-4-14(9)19/h1-4,7-8H,5-6,18H2. The van der Waals surface area contributed by atoms with Crippen LogP contribution < -0.4 is 10.6 Å². The van der Waals surface area contributed by atoms with Crippen molar-refractivity contribution in [2.24, 2.45) is 0 Å². The molecule has 0 saturated carbocycles. The lowest BCUT2D eigenvalue weighted by molar-refractivity contribution is 0.0985. The van der Waals surface area contributed by atoms with Gasteiger partial charge in [0, 0.05) is 17.9 Å². The van der Waals surface area contributed by atoms with Crippen LogP contribution in [0.3, 0.4) is 0 Å². The number of carbonyl (C=O) groups excluding carboxylic acids is 1. The summed E-state index contributed by atoms with van der Waals surface area (Å²) in [5.74, 6) is -1.89. The highest BCUT2D eigenvalue weighted by molar-refractivity contribution is 6.07. The molecule has 0 aromatic heterocycles. The Morgan fingerprint density at radius 1 is 1.15 bits per heavy atom. The lowest BCUT2D eigenvalue weighted by Crippen LogP contribution is -2.29. The predicted molar refractivity (Wildman–Crippen MR) is 72.6 cm³/mol. The number of rotatable bonds is 1. The maximum atomic E-state index is 13.7. The molecule has 5 heteroatoms. The molecule has 1 heterocycles. The molecule has 0 spiro atoms. The minimum atomic E-state index is -0.722. The first kappa shape index (κ1) is 12.6. The van der Waals surface area contributed by atoms with Crippen LogP contribution in [0.5, 0.6) is 0 Å². The van der Waals surface area contributed by atoms with Gasteiger partial charge >= 0.3 is 0 Å². The minimum Gasteiger partial charge on any atom is -0.399 e. The summed E-state index contributed by atoms with van der Waals surface area (Å²) in [7, 11) is 0. The number of anilines is 2. The van der Waals surface area contributed by atoms with E-state index in [1.807, 2.05) is 0 Å². The van der Waals surface area contributed by atoms with Gasteiger partial charge in [0.15, 0.2) is 0 Å². The maximum Gasteiger partial charge on any atom is 0.261 e. The van der Waals surface area contributed by atoms with Crippen molar-refractivity contribution in [2.75, 3.05) is 17.2 Å². The van der Waals surface area contributed by atoms with E-state index in [4.69, 9.17) is 5.73 Å². The van der Waals surface area contributed by atoms with Crippen LogP contribution >= 0.6 is 0 Å². The van der Waals surface area contributed by atoms with Crippen LogP contribution in [-0.4, -0.2) is 12.5 Å². The van der Waals surface area contributed by atoms with Crippen LogP contribution in [0.2, 0.25) is 0 Å². The molecule has 0 unspecified atom stereocenters. The monoisotopic (exact) mass is 274 g/mol. The summed E-state index contributed by atoms with van der Waals surface area (Å²) in [6.45, 7) is 0.438. The second-order valence-electron chi connectivity index (χ2n) is 4.72. The van der Waals surface area contributed by atoms with Gasteiger partial charge < -0.3 is 10.6 Å². The number of amides is 1. The van der Waals surface area contributed by atoms with E-state index >= 15 is 0 Å². The molecule has 0 radical (unpaired) electrons. The van der Waals surface area contributed by atoms with Crippen LogP contribution in [0.15, 0.2) is 36.4 Å². The molecule has 1 aliphatic heterocycles. The highest BCUT2D eigenvalue weighted by atomic mass is 19.1. The number of hydrogen-bond donors (Lipinski definition) is 1. The highest BCUT2D eigenvalue weighted by Crippen LogP contribution is 2.31. The highest BCUT2D eigenvalue weighted by Gasteiger charge is 2.27. The number of benzene rings is 2. The molecule has 0 saturated heterocycles. The van der Waals surface area contributed by atoms with Crippen LogP contribution in [0, 0.1) is 11.6 Å². The van der Waals surface area contributed by atoms with Crippen molar-refractivity contribution in [1.82, 2.24) is 0 Å². The lowest BCUT2D eigenvalue weighted by atomic mass is 10.1. The molecule has 2 N–H and O–H groups in total. The number of halogens is 2. The molecule has 2 aromatic rings. The Kier molecular flexibility index (Phi) is 2.89. The van der Waals surface area contributed by atoms with E-state index in [2.05, 4.69) is 0 Å². The summed E-state index contributed by atoms with van der Waals surface area (Å²) in [6.07, 6.45) is 0.656. The Bertz CT molecular complexity index is 700. The SMILES string of the molecule is Nc1ccc2c(c1)CCN2C(=O)c1cc(F)ccc1F. The zero-order chi connectivity index (χ0) is 14.3. The average Bonchev–Trinajstić information content (AvgIpc) is 2.83. The zero-order valence-electron chi connectivity index (χ0n) is 10.6. The van der Waals surface area contributed by atoms with Crippen LogP contribution in [0.25, 0.3) is 0 Å². The van der Waals surface area contributed by atoms with Crippen molar-refractivity contribution >= 4 is 17.3 Å². The summed E-state index contributed by atoms with van der Waals surface area (Å²) in [5.41, 5.74) is 7.70. The van der Waals surface area contributed by atoms with E-state index in [9.17, 15) is 13.6 Å². The van der Waals surface area contributed by atoms with Gasteiger partial charge in [-0.05, 0) is 48.4 Å². The molecule has 20 heavy (non-hydrogen) atoms. The second-order valence-corrected chi connectivity index (χ2v) is 4.72. The van der Waals surface area contributed by atoms with E-state index in [-0.39, 0.29) is 5.56 Å². The van der Waals surface area contributed by atoms with E-state index in [1.165, 1.54) is 4.90 Å². The van der Waals surface area contributed by atoms with Crippen molar-refractivity contribution in [1.29, 1.82) is 0 Å². The van der Waals surface area contributed by atoms with E-state index in [0.717, 1.165) is 23.8 Å². The largest absolute Gasteiger partial charge is 0.399 e. The van der Waals surface area contributed by atoms with Crippen LogP contribution in [0.1, 0.15) is 15.9 Å². The smallest absolute Gasteiger partial charge is 0.261 e. The van der Waals surface area contributed by atoms with E-state index < -0.39 is 17.5 Å². The van der Waals surface area contributed by atoms with Crippen molar-refractivity contribution in [3.05, 3.63) is 59.2 Å². The molecule has 0 aliphatic carbocycles. The normalized spacial score (nSPS) is 13.4. The Balaban J connectivity index is 2.00. The maximum absolute atomic E-state index is 13.7. The number of nitrogens with two attached hydrogens (primary N) is 1. The Morgan fingerprint density at radius 3 is 2.75 bits per heavy atom. The first-order valence-electron chi connectivity index (χ1n) is 6.21. The molecular weight excluding hydrogens is 262 g/mol. The van der Waals surface area contributed by atoms with E-state index in [0.29, 0.717) is 24.3 Å². The topological polar surface area (TPSA) is 46.3 Å². The van der Waals surface area contributed by atoms with Crippen molar-refractivity contribution in [2.45, 2.75) is 6.42 Å². The minimum absolute atomic E-state index is 0.255. The summed E-state index contributed by atoms with van der Waals surface area (Å²) < 4.78 is 26.9. The first-order chi connectivity index (χ1) is 9.56. The number of nitrogens with zero attached hydrogens (tertiary/aromatic N) is 1. The number of fused-ring (bicyclic) bond motifs is 1. The van der Waals surface area contributed by atoms with Gasteiger partial charge in [-0.3, -0.25) is 4.79 Å². The summed E-state index contributed by atoms with van der Waals surface area (Å²) in [5, 5.41) is 0. The third-order valence-electron chi connectivity index (χ3n) is 3.40. The fraction of sp³-hybridized carbons (Fsp3) is 0.133.